The van der Waals surface area contributed by atoms with E-state index >= 15 is 0 Å². The van der Waals surface area contributed by atoms with Gasteiger partial charge in [0.1, 0.15) is 5.25 Å². The lowest BCUT2D eigenvalue weighted by Gasteiger charge is -2.33. The number of hydrogen-bond donors (Lipinski definition) is 1. The van der Waals surface area contributed by atoms with E-state index in [1.807, 2.05) is 24.3 Å². The molecule has 3 aromatic rings. The molecular weight excluding hydrogens is 441 g/mol. The molecule has 6 nitrogen and oxygen atoms in total. The van der Waals surface area contributed by atoms with Crippen LogP contribution < -0.4 is 15.0 Å². The smallest absolute Gasteiger partial charge is 0.329 e. The summed E-state index contributed by atoms with van der Waals surface area (Å²) >= 11 is 7.56. The van der Waals surface area contributed by atoms with Crippen molar-refractivity contribution in [3.63, 3.8) is 0 Å². The van der Waals surface area contributed by atoms with Crippen molar-refractivity contribution in [2.75, 3.05) is 12.0 Å². The molecule has 1 fully saturated rings. The molecule has 2 aliphatic heterocycles. The Bertz CT molecular complexity index is 1280. The Hall–Kier alpha value is -3.10. The van der Waals surface area contributed by atoms with E-state index in [0.29, 0.717) is 21.2 Å². The van der Waals surface area contributed by atoms with Crippen LogP contribution in [0.3, 0.4) is 0 Å². The Balaban J connectivity index is 1.50. The van der Waals surface area contributed by atoms with Crippen LogP contribution >= 0.6 is 23.4 Å². The number of rotatable bonds is 3. The zero-order chi connectivity index (χ0) is 21.7. The van der Waals surface area contributed by atoms with Crippen molar-refractivity contribution in [1.82, 2.24) is 10.3 Å². The van der Waals surface area contributed by atoms with Gasteiger partial charge in [0, 0.05) is 33.5 Å². The SMILES string of the molecule is COc1cc(Cl)c(C2=CC3NC(=O)N(c4cncc5ccccc45)C(=O)C3S2)cc1F. The van der Waals surface area contributed by atoms with Crippen molar-refractivity contribution in [3.05, 3.63) is 71.3 Å². The van der Waals surface area contributed by atoms with Crippen molar-refractivity contribution in [1.29, 1.82) is 0 Å². The highest BCUT2D eigenvalue weighted by molar-refractivity contribution is 8.09. The standard InChI is InChI=1S/C22H15ClFN3O3S/c1-30-18-7-14(23)13(6-15(18)24)19-8-16-20(31-19)21(28)27(22(29)26-16)17-10-25-9-11-4-2-3-5-12(11)17/h2-10,16,20H,1H3,(H,26,29). The molecule has 5 rings (SSSR count). The van der Waals surface area contributed by atoms with E-state index in [4.69, 9.17) is 16.3 Å². The number of amides is 3. The third-order valence-corrected chi connectivity index (χ3v) is 6.93. The van der Waals surface area contributed by atoms with E-state index < -0.39 is 23.1 Å². The largest absolute Gasteiger partial charge is 0.494 e. The molecule has 1 N–H and O–H groups in total. The number of nitrogens with zero attached hydrogens (tertiary/aromatic N) is 2. The van der Waals surface area contributed by atoms with Crippen LogP contribution in [0.15, 0.2) is 54.9 Å². The molecule has 0 saturated carbocycles. The molecule has 1 aromatic heterocycles. The lowest BCUT2D eigenvalue weighted by atomic mass is 10.1. The van der Waals surface area contributed by atoms with Gasteiger partial charge in [-0.25, -0.2) is 14.1 Å². The first-order valence-corrected chi connectivity index (χ1v) is 10.6. The third-order valence-electron chi connectivity index (χ3n) is 5.26. The van der Waals surface area contributed by atoms with E-state index in [2.05, 4.69) is 10.3 Å². The predicted octanol–water partition coefficient (Wildman–Crippen LogP) is 4.62. The number of aromatic nitrogens is 1. The molecule has 2 unspecified atom stereocenters. The van der Waals surface area contributed by atoms with E-state index in [9.17, 15) is 14.0 Å². The molecule has 31 heavy (non-hydrogen) atoms. The Kier molecular flexibility index (Phi) is 4.83. The van der Waals surface area contributed by atoms with Crippen molar-refractivity contribution in [3.8, 4) is 5.75 Å². The summed E-state index contributed by atoms with van der Waals surface area (Å²) < 4.78 is 19.2. The number of hydrogen-bond acceptors (Lipinski definition) is 5. The van der Waals surface area contributed by atoms with Crippen LogP contribution in [0.4, 0.5) is 14.9 Å². The fourth-order valence-electron chi connectivity index (χ4n) is 3.79. The van der Waals surface area contributed by atoms with Crippen LogP contribution in [0.25, 0.3) is 15.7 Å². The Labute approximate surface area is 186 Å². The number of benzene rings is 2. The third kappa shape index (κ3) is 3.23. The molecule has 2 aromatic carbocycles. The number of halogens is 2. The minimum atomic E-state index is -0.604. The summed E-state index contributed by atoms with van der Waals surface area (Å²) in [7, 11) is 1.36. The van der Waals surface area contributed by atoms with Crippen LogP contribution in [0.1, 0.15) is 5.56 Å². The summed E-state index contributed by atoms with van der Waals surface area (Å²) in [4.78, 5) is 32.1. The van der Waals surface area contributed by atoms with Gasteiger partial charge < -0.3 is 10.1 Å². The summed E-state index contributed by atoms with van der Waals surface area (Å²) in [6.45, 7) is 0. The zero-order valence-electron chi connectivity index (χ0n) is 16.1. The molecule has 2 atom stereocenters. The zero-order valence-corrected chi connectivity index (χ0v) is 17.7. The number of thioether (sulfide) groups is 1. The summed E-state index contributed by atoms with van der Waals surface area (Å²) in [6.07, 6.45) is 4.92. The van der Waals surface area contributed by atoms with Crippen molar-refractivity contribution in [2.45, 2.75) is 11.3 Å². The monoisotopic (exact) mass is 455 g/mol. The maximum Gasteiger partial charge on any atom is 0.329 e. The molecule has 3 amide bonds. The van der Waals surface area contributed by atoms with Crippen LogP contribution in [-0.4, -0.2) is 35.3 Å². The Morgan fingerprint density at radius 3 is 2.84 bits per heavy atom. The molecule has 156 valence electrons. The fourth-order valence-corrected chi connectivity index (χ4v) is 5.40. The first-order chi connectivity index (χ1) is 15.0. The topological polar surface area (TPSA) is 71.5 Å². The fraction of sp³-hybridized carbons (Fsp3) is 0.136. The first-order valence-electron chi connectivity index (χ1n) is 9.37. The number of fused-ring (bicyclic) bond motifs is 2. The lowest BCUT2D eigenvalue weighted by molar-refractivity contribution is -0.118. The van der Waals surface area contributed by atoms with Gasteiger partial charge in [-0.2, -0.15) is 0 Å². The molecule has 3 heterocycles. The summed E-state index contributed by atoms with van der Waals surface area (Å²) in [5.74, 6) is -0.890. The van der Waals surface area contributed by atoms with E-state index in [1.165, 1.54) is 37.2 Å². The quantitative estimate of drug-likeness (QED) is 0.624. The average Bonchev–Trinajstić information content (AvgIpc) is 3.19. The van der Waals surface area contributed by atoms with Gasteiger partial charge >= 0.3 is 6.03 Å². The van der Waals surface area contributed by atoms with Crippen molar-refractivity contribution < 1.29 is 18.7 Å². The molecule has 0 aliphatic carbocycles. The minimum Gasteiger partial charge on any atom is -0.494 e. The second-order valence-corrected chi connectivity index (χ2v) is 8.66. The number of imide groups is 1. The number of methoxy groups -OCH3 is 1. The number of anilines is 1. The van der Waals surface area contributed by atoms with Crippen LogP contribution in [-0.2, 0) is 4.79 Å². The van der Waals surface area contributed by atoms with Gasteiger partial charge in [0.05, 0.1) is 30.1 Å². The second kappa shape index (κ2) is 7.55. The lowest BCUT2D eigenvalue weighted by Crippen LogP contribution is -2.60. The molecule has 0 bridgehead atoms. The van der Waals surface area contributed by atoms with Gasteiger partial charge in [-0.3, -0.25) is 9.78 Å². The van der Waals surface area contributed by atoms with Gasteiger partial charge in [0.15, 0.2) is 11.6 Å². The average molecular weight is 456 g/mol. The van der Waals surface area contributed by atoms with Gasteiger partial charge in [-0.1, -0.05) is 35.9 Å². The van der Waals surface area contributed by atoms with E-state index in [-0.39, 0.29) is 11.7 Å². The maximum absolute atomic E-state index is 14.3. The number of carbonyl (C=O) groups is 2. The second-order valence-electron chi connectivity index (χ2n) is 7.06. The van der Waals surface area contributed by atoms with Gasteiger partial charge in [-0.15, -0.1) is 11.8 Å². The van der Waals surface area contributed by atoms with E-state index in [0.717, 1.165) is 15.7 Å². The van der Waals surface area contributed by atoms with Crippen LogP contribution in [0.2, 0.25) is 5.02 Å². The molecule has 0 radical (unpaired) electrons. The highest BCUT2D eigenvalue weighted by Gasteiger charge is 2.45. The number of urea groups is 1. The number of carbonyl (C=O) groups excluding carboxylic acids is 2. The van der Waals surface area contributed by atoms with E-state index in [1.54, 1.807) is 12.3 Å². The first kappa shape index (κ1) is 19.8. The molecule has 2 aliphatic rings. The minimum absolute atomic E-state index is 0.0359. The van der Waals surface area contributed by atoms with Crippen LogP contribution in [0, 0.1) is 5.82 Å². The summed E-state index contributed by atoms with van der Waals surface area (Å²) in [5, 5.41) is 4.12. The Morgan fingerprint density at radius 1 is 1.23 bits per heavy atom. The highest BCUT2D eigenvalue weighted by atomic mass is 35.5. The summed E-state index contributed by atoms with van der Waals surface area (Å²) in [5.41, 5.74) is 0.862. The van der Waals surface area contributed by atoms with Crippen molar-refractivity contribution in [2.24, 2.45) is 0 Å². The molecule has 9 heteroatoms. The number of nitrogens with one attached hydrogen (secondary N) is 1. The molecular formula is C22H15ClFN3O3S. The van der Waals surface area contributed by atoms with Gasteiger partial charge in [0.2, 0.25) is 0 Å². The van der Waals surface area contributed by atoms with Crippen molar-refractivity contribution >= 4 is 56.7 Å². The molecule has 1 saturated heterocycles. The predicted molar refractivity (Wildman–Crippen MR) is 119 cm³/mol. The summed E-state index contributed by atoms with van der Waals surface area (Å²) in [6, 6.07) is 9.01. The normalized spacial score (nSPS) is 20.5. The number of pyridine rings is 1. The highest BCUT2D eigenvalue weighted by Crippen LogP contribution is 2.45. The number of ether oxygens (including phenoxy) is 1. The molecule has 0 spiro atoms. The van der Waals surface area contributed by atoms with Gasteiger partial charge in [0.25, 0.3) is 5.91 Å². The maximum atomic E-state index is 14.3. The Morgan fingerprint density at radius 2 is 2.03 bits per heavy atom. The van der Waals surface area contributed by atoms with Crippen LogP contribution in [0.5, 0.6) is 5.75 Å². The van der Waals surface area contributed by atoms with Gasteiger partial charge in [-0.05, 0) is 12.1 Å².